The summed E-state index contributed by atoms with van der Waals surface area (Å²) in [5.74, 6) is 4.95. The Morgan fingerprint density at radius 3 is 2.49 bits per heavy atom. The summed E-state index contributed by atoms with van der Waals surface area (Å²) >= 11 is 0. The molecule has 5 fully saturated rings. The predicted molar refractivity (Wildman–Crippen MR) is 155 cm³/mol. The Bertz CT molecular complexity index is 1110. The molecule has 0 saturated heterocycles. The maximum Gasteiger partial charge on any atom is 0.224 e. The van der Waals surface area contributed by atoms with Crippen LogP contribution in [0.5, 0.6) is 0 Å². The van der Waals surface area contributed by atoms with Crippen LogP contribution in [0, 0.1) is 46.3 Å². The van der Waals surface area contributed by atoms with E-state index >= 15 is 0 Å². The highest BCUT2D eigenvalue weighted by Crippen LogP contribution is 2.60. The second-order valence-corrected chi connectivity index (χ2v) is 13.4. The zero-order valence-electron chi connectivity index (χ0n) is 23.6. The van der Waals surface area contributed by atoms with Crippen LogP contribution in [0.25, 0.3) is 0 Å². The van der Waals surface area contributed by atoms with Crippen LogP contribution >= 0.6 is 0 Å². The van der Waals surface area contributed by atoms with Crippen molar-refractivity contribution >= 4 is 11.8 Å². The molecule has 5 atom stereocenters. The van der Waals surface area contributed by atoms with Gasteiger partial charge in [0.05, 0.1) is 6.20 Å². The number of hydrogen-bond donors (Lipinski definition) is 4. The average Bonchev–Trinajstić information content (AvgIpc) is 2.95. The SMILES string of the molecule is CC1=CCCC=C1CNc1ncc(C#N)c(NCC23CC4CC(C2)C(NCC2CCC(CO)CC2)[C@@H](C4)C3)n1. The van der Waals surface area contributed by atoms with Crippen LogP contribution in [0.4, 0.5) is 11.8 Å². The third-order valence-electron chi connectivity index (χ3n) is 10.8. The van der Waals surface area contributed by atoms with E-state index in [4.69, 9.17) is 4.98 Å². The smallest absolute Gasteiger partial charge is 0.224 e. The molecule has 210 valence electrons. The van der Waals surface area contributed by atoms with Crippen molar-refractivity contribution in [1.29, 1.82) is 5.26 Å². The molecule has 0 aliphatic heterocycles. The zero-order valence-corrected chi connectivity index (χ0v) is 23.6. The van der Waals surface area contributed by atoms with Gasteiger partial charge in [-0.15, -0.1) is 0 Å². The third-order valence-corrected chi connectivity index (χ3v) is 10.8. The fraction of sp³-hybridized carbons (Fsp3) is 0.719. The number of allylic oxidation sites excluding steroid dienone is 2. The summed E-state index contributed by atoms with van der Waals surface area (Å²) in [6.07, 6.45) is 20.0. The molecule has 0 aromatic carbocycles. The van der Waals surface area contributed by atoms with Gasteiger partial charge in [-0.3, -0.25) is 0 Å². The van der Waals surface area contributed by atoms with E-state index in [-0.39, 0.29) is 0 Å². The Labute approximate surface area is 234 Å². The van der Waals surface area contributed by atoms with E-state index in [9.17, 15) is 10.4 Å². The van der Waals surface area contributed by atoms with Gasteiger partial charge in [0.15, 0.2) is 0 Å². The fourth-order valence-corrected chi connectivity index (χ4v) is 8.85. The maximum absolute atomic E-state index is 9.74. The minimum atomic E-state index is 0.313. The first-order valence-electron chi connectivity index (χ1n) is 15.5. The van der Waals surface area contributed by atoms with Gasteiger partial charge in [0.1, 0.15) is 17.5 Å². The van der Waals surface area contributed by atoms with Gasteiger partial charge >= 0.3 is 0 Å². The Kier molecular flexibility index (Phi) is 7.95. The van der Waals surface area contributed by atoms with Crippen LogP contribution in [-0.2, 0) is 0 Å². The summed E-state index contributed by atoms with van der Waals surface area (Å²) in [6, 6.07) is 2.96. The van der Waals surface area contributed by atoms with Crippen LogP contribution in [0.3, 0.4) is 0 Å². The first kappa shape index (κ1) is 26.8. The molecule has 7 heteroatoms. The maximum atomic E-state index is 9.74. The van der Waals surface area contributed by atoms with Crippen molar-refractivity contribution in [1.82, 2.24) is 15.3 Å². The predicted octanol–water partition coefficient (Wildman–Crippen LogP) is 5.42. The topological polar surface area (TPSA) is 106 Å². The molecule has 1 aromatic rings. The first-order chi connectivity index (χ1) is 19.0. The van der Waals surface area contributed by atoms with E-state index in [0.29, 0.717) is 47.9 Å². The molecule has 7 nitrogen and oxygen atoms in total. The van der Waals surface area contributed by atoms with Gasteiger partial charge in [-0.25, -0.2) is 4.98 Å². The molecule has 6 aliphatic carbocycles. The standard InChI is InChI=1S/C32H46N6O/c1-21-4-2-3-5-25(21)17-35-31-36-18-28(15-33)30(38-31)37-20-32-12-24-10-26(13-32)29(27(11-24)14-32)34-16-22-6-8-23(19-39)9-7-22/h4-5,18,22-24,26-27,29,34,39H,2-3,6-14,16-17,19-20H2,1H3,(H2,35,36,37,38)/t22?,23?,24?,26-,27?,29?,32?/m0/s1. The quantitative estimate of drug-likeness (QED) is 0.320. The van der Waals surface area contributed by atoms with Gasteiger partial charge in [-0.2, -0.15) is 10.2 Å². The monoisotopic (exact) mass is 530 g/mol. The van der Waals surface area contributed by atoms with E-state index in [1.807, 2.05) is 0 Å². The van der Waals surface area contributed by atoms with Crippen molar-refractivity contribution in [2.75, 3.05) is 36.9 Å². The number of aliphatic hydroxyl groups is 1. The normalized spacial score (nSPS) is 35.2. The molecular weight excluding hydrogens is 484 g/mol. The van der Waals surface area contributed by atoms with Gasteiger partial charge in [0, 0.05) is 25.7 Å². The molecule has 4 N–H and O–H groups in total. The van der Waals surface area contributed by atoms with E-state index in [2.05, 4.69) is 46.1 Å². The summed E-state index contributed by atoms with van der Waals surface area (Å²) in [5.41, 5.74) is 3.46. The molecule has 4 bridgehead atoms. The molecule has 7 rings (SSSR count). The van der Waals surface area contributed by atoms with Crippen LogP contribution in [0.1, 0.15) is 83.1 Å². The van der Waals surface area contributed by atoms with Crippen LogP contribution < -0.4 is 16.0 Å². The minimum Gasteiger partial charge on any atom is -0.396 e. The van der Waals surface area contributed by atoms with Crippen LogP contribution in [0.2, 0.25) is 0 Å². The number of anilines is 2. The minimum absolute atomic E-state index is 0.313. The lowest BCUT2D eigenvalue weighted by atomic mass is 9.48. The lowest BCUT2D eigenvalue weighted by Crippen LogP contribution is -2.60. The number of aliphatic hydroxyl groups excluding tert-OH is 1. The zero-order chi connectivity index (χ0) is 26.8. The summed E-state index contributed by atoms with van der Waals surface area (Å²) < 4.78 is 0. The number of rotatable bonds is 10. The average molecular weight is 531 g/mol. The van der Waals surface area contributed by atoms with Gasteiger partial charge in [0.25, 0.3) is 0 Å². The van der Waals surface area contributed by atoms with E-state index in [0.717, 1.165) is 49.6 Å². The van der Waals surface area contributed by atoms with Gasteiger partial charge in [-0.05, 0) is 125 Å². The number of nitriles is 1. The number of aromatic nitrogens is 2. The fourth-order valence-electron chi connectivity index (χ4n) is 8.85. The van der Waals surface area contributed by atoms with Crippen molar-refractivity contribution < 1.29 is 5.11 Å². The molecule has 5 saturated carbocycles. The Morgan fingerprint density at radius 2 is 1.77 bits per heavy atom. The largest absolute Gasteiger partial charge is 0.396 e. The molecule has 6 aliphatic rings. The third kappa shape index (κ3) is 5.88. The second kappa shape index (κ2) is 11.6. The van der Waals surface area contributed by atoms with Crippen LogP contribution in [0.15, 0.2) is 29.5 Å². The van der Waals surface area contributed by atoms with Gasteiger partial charge in [0.2, 0.25) is 5.95 Å². The number of nitrogens with zero attached hydrogens (tertiary/aromatic N) is 3. The molecule has 4 unspecified atom stereocenters. The van der Waals surface area contributed by atoms with Gasteiger partial charge in [-0.1, -0.05) is 17.7 Å². The molecule has 39 heavy (non-hydrogen) atoms. The van der Waals surface area contributed by atoms with E-state index < -0.39 is 0 Å². The summed E-state index contributed by atoms with van der Waals surface area (Å²) in [5, 5.41) is 30.3. The highest BCUT2D eigenvalue weighted by atomic mass is 16.3. The number of nitrogens with one attached hydrogen (secondary N) is 3. The van der Waals surface area contributed by atoms with E-state index in [1.165, 1.54) is 68.9 Å². The lowest BCUT2D eigenvalue weighted by molar-refractivity contribution is -0.0703. The van der Waals surface area contributed by atoms with Crippen molar-refractivity contribution in [2.45, 2.75) is 83.6 Å². The molecule has 1 aromatic heterocycles. The Morgan fingerprint density at radius 1 is 1.03 bits per heavy atom. The molecule has 0 amide bonds. The van der Waals surface area contributed by atoms with Crippen LogP contribution in [-0.4, -0.2) is 47.4 Å². The van der Waals surface area contributed by atoms with Gasteiger partial charge < -0.3 is 21.1 Å². The lowest BCUT2D eigenvalue weighted by Gasteiger charge is -2.60. The molecule has 1 heterocycles. The van der Waals surface area contributed by atoms with Crippen molar-refractivity contribution in [3.63, 3.8) is 0 Å². The molecule has 0 radical (unpaired) electrons. The number of hydrogen-bond acceptors (Lipinski definition) is 7. The van der Waals surface area contributed by atoms with Crippen molar-refractivity contribution in [3.05, 3.63) is 35.1 Å². The van der Waals surface area contributed by atoms with Crippen molar-refractivity contribution in [3.8, 4) is 6.07 Å². The van der Waals surface area contributed by atoms with E-state index in [1.54, 1.807) is 6.20 Å². The highest BCUT2D eigenvalue weighted by molar-refractivity contribution is 5.54. The molecular formula is C32H46N6O. The molecule has 0 spiro atoms. The first-order valence-corrected chi connectivity index (χ1v) is 15.5. The summed E-state index contributed by atoms with van der Waals surface area (Å²) in [7, 11) is 0. The second-order valence-electron chi connectivity index (χ2n) is 13.4. The van der Waals surface area contributed by atoms with Crippen molar-refractivity contribution in [2.24, 2.45) is 35.0 Å². The summed E-state index contributed by atoms with van der Waals surface area (Å²) in [4.78, 5) is 9.17. The Balaban J connectivity index is 1.06. The summed E-state index contributed by atoms with van der Waals surface area (Å²) in [6.45, 7) is 5.28. The highest BCUT2D eigenvalue weighted by Gasteiger charge is 2.55. The Hall–Kier alpha value is -2.43.